The van der Waals surface area contributed by atoms with Crippen molar-refractivity contribution in [2.45, 2.75) is 238 Å². The fourth-order valence-corrected chi connectivity index (χ4v) is 6.60. The third-order valence-electron chi connectivity index (χ3n) is 9.63. The molecule has 0 aliphatic rings. The molecule has 0 fully saturated rings. The van der Waals surface area contributed by atoms with Crippen LogP contribution < -0.4 is 0 Å². The van der Waals surface area contributed by atoms with Crippen LogP contribution in [-0.4, -0.2) is 17.4 Å². The number of aliphatic carboxylic acids is 1. The van der Waals surface area contributed by atoms with Crippen molar-refractivity contribution in [2.75, 3.05) is 0 Å². The number of rotatable bonds is 38. The molecule has 0 spiro atoms. The van der Waals surface area contributed by atoms with Gasteiger partial charge in [0.25, 0.3) is 0 Å². The van der Waals surface area contributed by atoms with Crippen molar-refractivity contribution in [3.63, 3.8) is 0 Å². The number of hydrogen-bond acceptors (Lipinski definition) is 2. The van der Waals surface area contributed by atoms with Crippen LogP contribution >= 0.6 is 0 Å². The second kappa shape index (κ2) is 37.3. The summed E-state index contributed by atoms with van der Waals surface area (Å²) in [5.74, 6) is -0.678. The van der Waals surface area contributed by atoms with Crippen LogP contribution in [-0.2, 0) is 9.59 Å². The summed E-state index contributed by atoms with van der Waals surface area (Å²) >= 11 is 0. The number of hydrogen-bond donors (Lipinski definition) is 1. The van der Waals surface area contributed by atoms with E-state index in [4.69, 9.17) is 0 Å². The van der Waals surface area contributed by atoms with Crippen molar-refractivity contribution in [1.29, 1.82) is 0 Å². The molecular formula is C40H78O3. The van der Waals surface area contributed by atoms with Gasteiger partial charge in [0.1, 0.15) is 6.29 Å². The van der Waals surface area contributed by atoms with E-state index >= 15 is 0 Å². The second-order valence-corrected chi connectivity index (χ2v) is 13.9. The van der Waals surface area contributed by atoms with E-state index in [0.717, 1.165) is 44.8 Å². The molecule has 0 amide bonds. The van der Waals surface area contributed by atoms with E-state index in [1.165, 1.54) is 193 Å². The maximum absolute atomic E-state index is 11.7. The third kappa shape index (κ3) is 35.5. The second-order valence-electron chi connectivity index (χ2n) is 13.9. The molecule has 1 atom stereocenters. The molecule has 256 valence electrons. The predicted molar refractivity (Wildman–Crippen MR) is 189 cm³/mol. The van der Waals surface area contributed by atoms with E-state index in [0.29, 0.717) is 0 Å². The first-order chi connectivity index (χ1) is 21.2. The third-order valence-corrected chi connectivity index (χ3v) is 9.63. The van der Waals surface area contributed by atoms with Crippen LogP contribution in [0.1, 0.15) is 238 Å². The normalized spacial score (nSPS) is 12.1. The fraction of sp³-hybridized carbons (Fsp3) is 0.950. The standard InChI is InChI=1S/C40H78O3/c1-2-3-4-5-6-7-8-9-10-11-12-15-18-21-24-27-30-33-36-39(40(42)43)37-34-31-28-25-22-19-16-13-14-17-20-23-26-29-32-35-38-41/h38-39H,2-37H2,1H3,(H,42,43). The molecule has 1 N–H and O–H groups in total. The van der Waals surface area contributed by atoms with Crippen LogP contribution in [0.4, 0.5) is 0 Å². The predicted octanol–water partition coefficient (Wildman–Crippen LogP) is 13.9. The van der Waals surface area contributed by atoms with Crippen LogP contribution in [0, 0.1) is 5.92 Å². The molecular weight excluding hydrogens is 528 g/mol. The molecule has 0 heterocycles. The first-order valence-electron chi connectivity index (χ1n) is 19.9. The summed E-state index contributed by atoms with van der Waals surface area (Å²) in [5, 5.41) is 9.64. The van der Waals surface area contributed by atoms with Crippen molar-refractivity contribution in [1.82, 2.24) is 0 Å². The van der Waals surface area contributed by atoms with Crippen LogP contribution in [0.2, 0.25) is 0 Å². The molecule has 0 rings (SSSR count). The first kappa shape index (κ1) is 42.1. The molecule has 0 aromatic carbocycles. The van der Waals surface area contributed by atoms with Gasteiger partial charge in [-0.2, -0.15) is 0 Å². The smallest absolute Gasteiger partial charge is 0.306 e. The van der Waals surface area contributed by atoms with Crippen molar-refractivity contribution in [3.8, 4) is 0 Å². The van der Waals surface area contributed by atoms with Crippen molar-refractivity contribution in [3.05, 3.63) is 0 Å². The monoisotopic (exact) mass is 607 g/mol. The summed E-state index contributed by atoms with van der Waals surface area (Å²) in [5.41, 5.74) is 0. The average Bonchev–Trinajstić information content (AvgIpc) is 3.00. The molecule has 3 nitrogen and oxygen atoms in total. The van der Waals surface area contributed by atoms with Gasteiger partial charge in [0.15, 0.2) is 0 Å². The first-order valence-corrected chi connectivity index (χ1v) is 19.9. The Morgan fingerprint density at radius 2 is 0.651 bits per heavy atom. The van der Waals surface area contributed by atoms with Gasteiger partial charge >= 0.3 is 5.97 Å². The van der Waals surface area contributed by atoms with Gasteiger partial charge < -0.3 is 9.90 Å². The molecule has 0 aromatic rings. The Morgan fingerprint density at radius 1 is 0.419 bits per heavy atom. The average molecular weight is 607 g/mol. The molecule has 0 saturated heterocycles. The molecule has 1 unspecified atom stereocenters. The highest BCUT2D eigenvalue weighted by Gasteiger charge is 2.16. The maximum atomic E-state index is 11.7. The zero-order chi connectivity index (χ0) is 31.3. The minimum absolute atomic E-state index is 0.114. The Balaban J connectivity index is 3.36. The van der Waals surface area contributed by atoms with E-state index in [1.807, 2.05) is 0 Å². The molecule has 0 aliphatic heterocycles. The van der Waals surface area contributed by atoms with E-state index in [1.54, 1.807) is 0 Å². The summed E-state index contributed by atoms with van der Waals surface area (Å²) in [7, 11) is 0. The van der Waals surface area contributed by atoms with Gasteiger partial charge in [0, 0.05) is 6.42 Å². The lowest BCUT2D eigenvalue weighted by Crippen LogP contribution is -2.13. The van der Waals surface area contributed by atoms with Crippen LogP contribution in [0.25, 0.3) is 0 Å². The Morgan fingerprint density at radius 3 is 0.884 bits per heavy atom. The highest BCUT2D eigenvalue weighted by molar-refractivity contribution is 5.69. The summed E-state index contributed by atoms with van der Waals surface area (Å²) in [6.45, 7) is 2.29. The minimum Gasteiger partial charge on any atom is -0.481 e. The number of carboxylic acids is 1. The van der Waals surface area contributed by atoms with Crippen molar-refractivity contribution in [2.24, 2.45) is 5.92 Å². The van der Waals surface area contributed by atoms with Gasteiger partial charge in [0.05, 0.1) is 5.92 Å². The molecule has 0 aromatic heterocycles. The number of aldehydes is 1. The summed E-state index contributed by atoms with van der Waals surface area (Å²) in [6.07, 6.45) is 47.7. The van der Waals surface area contributed by atoms with Crippen molar-refractivity contribution >= 4 is 12.3 Å². The lowest BCUT2D eigenvalue weighted by Gasteiger charge is -2.12. The lowest BCUT2D eigenvalue weighted by atomic mass is 9.94. The van der Waals surface area contributed by atoms with E-state index < -0.39 is 5.97 Å². The van der Waals surface area contributed by atoms with Gasteiger partial charge in [-0.05, 0) is 19.3 Å². The van der Waals surface area contributed by atoms with Gasteiger partial charge in [0.2, 0.25) is 0 Å². The number of carbonyl (C=O) groups is 2. The Bertz CT molecular complexity index is 546. The van der Waals surface area contributed by atoms with E-state index in [2.05, 4.69) is 6.92 Å². The zero-order valence-electron chi connectivity index (χ0n) is 29.4. The van der Waals surface area contributed by atoms with Gasteiger partial charge in [-0.15, -0.1) is 0 Å². The molecule has 0 bridgehead atoms. The highest BCUT2D eigenvalue weighted by Crippen LogP contribution is 2.21. The molecule has 0 aliphatic carbocycles. The molecule has 0 radical (unpaired) electrons. The number of carboxylic acid groups (broad SMARTS) is 1. The van der Waals surface area contributed by atoms with Crippen LogP contribution in [0.5, 0.6) is 0 Å². The van der Waals surface area contributed by atoms with Crippen molar-refractivity contribution < 1.29 is 14.7 Å². The molecule has 0 saturated carbocycles. The zero-order valence-corrected chi connectivity index (χ0v) is 29.4. The fourth-order valence-electron chi connectivity index (χ4n) is 6.60. The Labute approximate surface area is 270 Å². The van der Waals surface area contributed by atoms with E-state index in [-0.39, 0.29) is 5.92 Å². The highest BCUT2D eigenvalue weighted by atomic mass is 16.4. The van der Waals surface area contributed by atoms with Crippen LogP contribution in [0.15, 0.2) is 0 Å². The SMILES string of the molecule is CCCCCCCCCCCCCCCCCCCCC(CCCCCCCCCCCCCCCCCC=O)C(=O)O. The maximum Gasteiger partial charge on any atom is 0.306 e. The molecule has 3 heteroatoms. The Kier molecular flexibility index (Phi) is 36.6. The van der Waals surface area contributed by atoms with E-state index in [9.17, 15) is 14.7 Å². The van der Waals surface area contributed by atoms with Gasteiger partial charge in [-0.1, -0.05) is 212 Å². The molecule has 43 heavy (non-hydrogen) atoms. The van der Waals surface area contributed by atoms with Gasteiger partial charge in [-0.25, -0.2) is 0 Å². The quantitative estimate of drug-likeness (QED) is 0.0562. The topological polar surface area (TPSA) is 54.4 Å². The minimum atomic E-state index is -0.565. The largest absolute Gasteiger partial charge is 0.481 e. The Hall–Kier alpha value is -0.860. The summed E-state index contributed by atoms with van der Waals surface area (Å²) < 4.78 is 0. The number of unbranched alkanes of at least 4 members (excludes halogenated alkanes) is 32. The van der Waals surface area contributed by atoms with Crippen LogP contribution in [0.3, 0.4) is 0 Å². The summed E-state index contributed by atoms with van der Waals surface area (Å²) in [4.78, 5) is 22.0. The van der Waals surface area contributed by atoms with Gasteiger partial charge in [-0.3, -0.25) is 4.79 Å². The number of carbonyl (C=O) groups excluding carboxylic acids is 1. The lowest BCUT2D eigenvalue weighted by molar-refractivity contribution is -0.142. The summed E-state index contributed by atoms with van der Waals surface area (Å²) in [6, 6.07) is 0.